The third-order valence-corrected chi connectivity index (χ3v) is 9.21. The summed E-state index contributed by atoms with van der Waals surface area (Å²) < 4.78 is 0. The fourth-order valence-corrected chi connectivity index (χ4v) is 5.95. The van der Waals surface area contributed by atoms with Crippen molar-refractivity contribution in [3.8, 4) is 0 Å². The van der Waals surface area contributed by atoms with Crippen LogP contribution >= 0.6 is 0 Å². The van der Waals surface area contributed by atoms with Crippen LogP contribution in [0.1, 0.15) is 71.9 Å². The van der Waals surface area contributed by atoms with Gasteiger partial charge in [0, 0.05) is 80.7 Å². The predicted octanol–water partition coefficient (Wildman–Crippen LogP) is 11.5. The molecule has 0 radical (unpaired) electrons. The second-order valence-corrected chi connectivity index (χ2v) is 13.5. The van der Waals surface area contributed by atoms with E-state index in [-0.39, 0.29) is 42.1 Å². The molecule has 3 nitrogen and oxygen atoms in total. The van der Waals surface area contributed by atoms with Crippen LogP contribution in [-0.2, 0) is 95.0 Å². The van der Waals surface area contributed by atoms with Crippen LogP contribution in [0.25, 0.3) is 0 Å². The van der Waals surface area contributed by atoms with Crippen molar-refractivity contribution >= 4 is 17.3 Å². The first-order valence-electron chi connectivity index (χ1n) is 19.3. The van der Waals surface area contributed by atoms with E-state index in [0.717, 1.165) is 38.5 Å². The van der Waals surface area contributed by atoms with Gasteiger partial charge in [0.1, 0.15) is 17.3 Å². The largest absolute Gasteiger partial charge is 0.300 e. The van der Waals surface area contributed by atoms with Crippen molar-refractivity contribution in [1.29, 1.82) is 0 Å². The molecule has 0 aliphatic heterocycles. The normalized spacial score (nSPS) is 9.86. The molecule has 0 atom stereocenters. The first kappa shape index (κ1) is 47.9. The average Bonchev–Trinajstić information content (AvgIpc) is 3.24. The van der Waals surface area contributed by atoms with Gasteiger partial charge < -0.3 is 0 Å². The Bertz CT molecular complexity index is 1520. The molecule has 0 fully saturated rings. The van der Waals surface area contributed by atoms with Gasteiger partial charge in [-0.25, -0.2) is 0 Å². The number of benzene rings is 6. The van der Waals surface area contributed by atoms with Crippen LogP contribution in [0.5, 0.6) is 0 Å². The molecular weight excluding hydrogens is 1050 g/mol. The van der Waals surface area contributed by atoms with Crippen molar-refractivity contribution in [2.75, 3.05) is 0 Å². The summed E-state index contributed by atoms with van der Waals surface area (Å²) in [4.78, 5) is 35.4. The minimum atomic E-state index is 0. The molecule has 0 aliphatic rings. The standard InChI is InChI=1S/3C17H18O.2Pt/c3*18-17(13-11-15-7-3-1-4-8-15)14-12-16-9-5-2-6-10-16;;/h3*1-10H,11-14H2;;. The van der Waals surface area contributed by atoms with Crippen LogP contribution < -0.4 is 0 Å². The van der Waals surface area contributed by atoms with Gasteiger partial charge >= 0.3 is 0 Å². The Balaban J connectivity index is 0.000000285. The number of carbonyl (C=O) groups excluding carboxylic acids is 3. The summed E-state index contributed by atoms with van der Waals surface area (Å²) in [6.45, 7) is 0. The van der Waals surface area contributed by atoms with E-state index in [1.807, 2.05) is 109 Å². The molecule has 6 aromatic carbocycles. The summed E-state index contributed by atoms with van der Waals surface area (Å²) in [5.74, 6) is 1.05. The van der Waals surface area contributed by atoms with Crippen molar-refractivity contribution < 1.29 is 56.5 Å². The van der Waals surface area contributed by atoms with Crippen molar-refractivity contribution in [2.24, 2.45) is 0 Å². The summed E-state index contributed by atoms with van der Waals surface area (Å²) in [5, 5.41) is 0. The Morgan fingerprint density at radius 2 is 0.357 bits per heavy atom. The maximum Gasteiger partial charge on any atom is 0.133 e. The number of rotatable bonds is 18. The second-order valence-electron chi connectivity index (χ2n) is 13.5. The van der Waals surface area contributed by atoms with Gasteiger partial charge in [-0.05, 0) is 71.9 Å². The quantitative estimate of drug-likeness (QED) is 0.0862. The zero-order valence-corrected chi connectivity index (χ0v) is 36.7. The van der Waals surface area contributed by atoms with Crippen LogP contribution in [0.4, 0.5) is 0 Å². The van der Waals surface area contributed by atoms with Crippen molar-refractivity contribution in [1.82, 2.24) is 0 Å². The van der Waals surface area contributed by atoms with Gasteiger partial charge in [0.05, 0.1) is 0 Å². The smallest absolute Gasteiger partial charge is 0.133 e. The molecule has 0 amide bonds. The molecule has 0 heterocycles. The van der Waals surface area contributed by atoms with Crippen LogP contribution in [0.2, 0.25) is 0 Å². The molecule has 5 heteroatoms. The number of hydrogen-bond acceptors (Lipinski definition) is 3. The Kier molecular flexibility index (Phi) is 25.6. The maximum absolute atomic E-state index is 11.8. The minimum Gasteiger partial charge on any atom is -0.300 e. The van der Waals surface area contributed by atoms with Gasteiger partial charge in [-0.15, -0.1) is 0 Å². The van der Waals surface area contributed by atoms with E-state index in [1.54, 1.807) is 0 Å². The van der Waals surface area contributed by atoms with Gasteiger partial charge in [-0.3, -0.25) is 14.4 Å². The Morgan fingerprint density at radius 3 is 0.482 bits per heavy atom. The molecular formula is C51H54O3Pt2. The third kappa shape index (κ3) is 21.7. The molecule has 0 saturated carbocycles. The molecule has 296 valence electrons. The molecule has 0 aliphatic carbocycles. The molecule has 0 spiro atoms. The van der Waals surface area contributed by atoms with Crippen molar-refractivity contribution in [3.05, 3.63) is 215 Å². The Morgan fingerprint density at radius 1 is 0.232 bits per heavy atom. The van der Waals surface area contributed by atoms with Crippen molar-refractivity contribution in [2.45, 2.75) is 77.0 Å². The summed E-state index contributed by atoms with van der Waals surface area (Å²) in [5.41, 5.74) is 7.45. The summed E-state index contributed by atoms with van der Waals surface area (Å²) in [6.07, 6.45) is 9.03. The van der Waals surface area contributed by atoms with E-state index in [1.165, 1.54) is 33.4 Å². The monoisotopic (exact) mass is 1100 g/mol. The molecule has 6 aromatic rings. The average molecular weight is 1110 g/mol. The van der Waals surface area contributed by atoms with E-state index < -0.39 is 0 Å². The maximum atomic E-state index is 11.8. The topological polar surface area (TPSA) is 51.2 Å². The number of aryl methyl sites for hydroxylation is 6. The number of carbonyl (C=O) groups is 3. The van der Waals surface area contributed by atoms with E-state index in [0.29, 0.717) is 55.9 Å². The number of ketones is 3. The van der Waals surface area contributed by atoms with Crippen LogP contribution in [-0.4, -0.2) is 17.3 Å². The van der Waals surface area contributed by atoms with Crippen molar-refractivity contribution in [3.63, 3.8) is 0 Å². The Labute approximate surface area is 363 Å². The van der Waals surface area contributed by atoms with Crippen LogP contribution in [0, 0.1) is 0 Å². The first-order chi connectivity index (χ1) is 26.5. The summed E-state index contributed by atoms with van der Waals surface area (Å²) in [7, 11) is 0. The van der Waals surface area contributed by atoms with Gasteiger partial charge in [0.2, 0.25) is 0 Å². The van der Waals surface area contributed by atoms with Gasteiger partial charge in [-0.2, -0.15) is 0 Å². The van der Waals surface area contributed by atoms with Gasteiger partial charge in [0.25, 0.3) is 0 Å². The first-order valence-corrected chi connectivity index (χ1v) is 19.3. The fourth-order valence-electron chi connectivity index (χ4n) is 5.95. The third-order valence-electron chi connectivity index (χ3n) is 9.21. The molecule has 0 unspecified atom stereocenters. The predicted molar refractivity (Wildman–Crippen MR) is 224 cm³/mol. The van der Waals surface area contributed by atoms with E-state index in [2.05, 4.69) is 72.8 Å². The van der Waals surface area contributed by atoms with Crippen LogP contribution in [0.3, 0.4) is 0 Å². The van der Waals surface area contributed by atoms with Gasteiger partial charge in [0.15, 0.2) is 0 Å². The number of hydrogen-bond donors (Lipinski definition) is 0. The minimum absolute atomic E-state index is 0. The molecule has 6 rings (SSSR count). The van der Waals surface area contributed by atoms with Gasteiger partial charge in [-0.1, -0.05) is 182 Å². The molecule has 0 saturated heterocycles. The summed E-state index contributed by atoms with van der Waals surface area (Å²) >= 11 is 0. The Hall–Kier alpha value is -4.29. The summed E-state index contributed by atoms with van der Waals surface area (Å²) in [6, 6.07) is 61.1. The molecule has 56 heavy (non-hydrogen) atoms. The fraction of sp³-hybridized carbons (Fsp3) is 0.235. The van der Waals surface area contributed by atoms with E-state index in [9.17, 15) is 14.4 Å². The van der Waals surface area contributed by atoms with E-state index >= 15 is 0 Å². The van der Waals surface area contributed by atoms with E-state index in [4.69, 9.17) is 0 Å². The second kappa shape index (κ2) is 29.9. The molecule has 0 bridgehead atoms. The zero-order chi connectivity index (χ0) is 37.9. The number of Topliss-reactive ketones (excluding diaryl/α,β-unsaturated/α-hetero) is 3. The SMILES string of the molecule is O=C(CCc1ccccc1)CCc1ccccc1.O=C(CCc1ccccc1)CCc1ccccc1.O=C(CCc1ccccc1)CCc1ccccc1.[Pt].[Pt]. The zero-order valence-electron chi connectivity index (χ0n) is 32.2. The molecule has 0 N–H and O–H groups in total. The molecule has 0 aromatic heterocycles. The van der Waals surface area contributed by atoms with Crippen LogP contribution in [0.15, 0.2) is 182 Å².